The van der Waals surface area contributed by atoms with E-state index in [1.54, 1.807) is 0 Å². The summed E-state index contributed by atoms with van der Waals surface area (Å²) in [7, 11) is 1.36. The molecule has 134 valence electrons. The number of unbranched alkanes of at least 4 members (excludes halogenated alkanes) is 5. The lowest BCUT2D eigenvalue weighted by molar-refractivity contribution is -0.151. The summed E-state index contributed by atoms with van der Waals surface area (Å²) in [5, 5.41) is 0. The maximum atomic E-state index is 12.6. The lowest BCUT2D eigenvalue weighted by Crippen LogP contribution is -2.32. The SMILES string of the molecule is CCCCCCCCC(C)C(C(=O)Cc1ccccc1)C(=O)OC. The second-order valence-electron chi connectivity index (χ2n) is 6.66. The summed E-state index contributed by atoms with van der Waals surface area (Å²) >= 11 is 0. The number of Topliss-reactive ketones (excluding diaryl/α,β-unsaturated/α-hetero) is 1. The Morgan fingerprint density at radius 2 is 1.62 bits per heavy atom. The molecule has 0 N–H and O–H groups in total. The number of carbonyl (C=O) groups excluding carboxylic acids is 2. The van der Waals surface area contributed by atoms with E-state index in [0.29, 0.717) is 6.42 Å². The van der Waals surface area contributed by atoms with E-state index in [4.69, 9.17) is 4.74 Å². The van der Waals surface area contributed by atoms with Crippen molar-refractivity contribution in [3.8, 4) is 0 Å². The fraction of sp³-hybridized carbons (Fsp3) is 0.619. The van der Waals surface area contributed by atoms with Crippen LogP contribution < -0.4 is 0 Å². The number of ketones is 1. The third-order valence-corrected chi connectivity index (χ3v) is 4.61. The van der Waals surface area contributed by atoms with Gasteiger partial charge in [-0.3, -0.25) is 9.59 Å². The second-order valence-corrected chi connectivity index (χ2v) is 6.66. The van der Waals surface area contributed by atoms with E-state index in [1.165, 1.54) is 39.2 Å². The van der Waals surface area contributed by atoms with Crippen LogP contribution in [-0.4, -0.2) is 18.9 Å². The normalized spacial score (nSPS) is 13.3. The summed E-state index contributed by atoms with van der Waals surface area (Å²) in [5.74, 6) is -1.05. The van der Waals surface area contributed by atoms with Gasteiger partial charge in [0, 0.05) is 6.42 Å². The van der Waals surface area contributed by atoms with Crippen LogP contribution >= 0.6 is 0 Å². The molecular weight excluding hydrogens is 300 g/mol. The Kier molecular flexibility index (Phi) is 10.1. The molecule has 0 heterocycles. The highest BCUT2D eigenvalue weighted by Crippen LogP contribution is 2.23. The first-order valence-electron chi connectivity index (χ1n) is 9.24. The number of hydrogen-bond acceptors (Lipinski definition) is 3. The third-order valence-electron chi connectivity index (χ3n) is 4.61. The van der Waals surface area contributed by atoms with E-state index in [9.17, 15) is 9.59 Å². The van der Waals surface area contributed by atoms with Crippen LogP contribution in [-0.2, 0) is 20.7 Å². The Morgan fingerprint density at radius 3 is 2.25 bits per heavy atom. The Labute approximate surface area is 146 Å². The van der Waals surface area contributed by atoms with E-state index in [2.05, 4.69) is 6.92 Å². The lowest BCUT2D eigenvalue weighted by atomic mass is 9.84. The van der Waals surface area contributed by atoms with E-state index >= 15 is 0 Å². The maximum absolute atomic E-state index is 12.6. The number of ether oxygens (including phenoxy) is 1. The Bertz CT molecular complexity index is 481. The van der Waals surface area contributed by atoms with E-state index in [-0.39, 0.29) is 11.7 Å². The molecule has 0 fully saturated rings. The van der Waals surface area contributed by atoms with Crippen LogP contribution in [0.4, 0.5) is 0 Å². The Balaban J connectivity index is 2.54. The van der Waals surface area contributed by atoms with Crippen molar-refractivity contribution in [1.82, 2.24) is 0 Å². The van der Waals surface area contributed by atoms with Crippen molar-refractivity contribution in [2.75, 3.05) is 7.11 Å². The van der Waals surface area contributed by atoms with Crippen LogP contribution in [0.25, 0.3) is 0 Å². The molecule has 24 heavy (non-hydrogen) atoms. The topological polar surface area (TPSA) is 43.4 Å². The van der Waals surface area contributed by atoms with Gasteiger partial charge in [-0.05, 0) is 17.9 Å². The van der Waals surface area contributed by atoms with E-state index < -0.39 is 11.9 Å². The van der Waals surface area contributed by atoms with Crippen LogP contribution in [0.5, 0.6) is 0 Å². The van der Waals surface area contributed by atoms with Crippen LogP contribution in [0.1, 0.15) is 64.4 Å². The summed E-state index contributed by atoms with van der Waals surface area (Å²) in [5.41, 5.74) is 0.947. The molecule has 0 aliphatic heterocycles. The van der Waals surface area contributed by atoms with Gasteiger partial charge in [-0.15, -0.1) is 0 Å². The molecule has 1 aromatic carbocycles. The summed E-state index contributed by atoms with van der Waals surface area (Å²) < 4.78 is 4.89. The minimum Gasteiger partial charge on any atom is -0.468 e. The van der Waals surface area contributed by atoms with Crippen molar-refractivity contribution in [1.29, 1.82) is 0 Å². The van der Waals surface area contributed by atoms with Crippen molar-refractivity contribution in [2.45, 2.75) is 65.2 Å². The van der Waals surface area contributed by atoms with Crippen molar-refractivity contribution in [2.24, 2.45) is 11.8 Å². The Morgan fingerprint density at radius 1 is 1.00 bits per heavy atom. The van der Waals surface area contributed by atoms with Crippen molar-refractivity contribution in [3.63, 3.8) is 0 Å². The Hall–Kier alpha value is -1.64. The number of methoxy groups -OCH3 is 1. The molecule has 1 rings (SSSR count). The largest absolute Gasteiger partial charge is 0.468 e. The molecule has 0 spiro atoms. The molecule has 2 atom stereocenters. The van der Waals surface area contributed by atoms with Gasteiger partial charge in [-0.2, -0.15) is 0 Å². The fourth-order valence-electron chi connectivity index (χ4n) is 3.13. The standard InChI is InChI=1S/C21H32O3/c1-4-5-6-7-8-10-13-17(2)20(21(23)24-3)19(22)16-18-14-11-9-12-15-18/h9,11-12,14-15,17,20H,4-8,10,13,16H2,1-3H3. The van der Waals surface area contributed by atoms with Gasteiger partial charge in [0.05, 0.1) is 7.11 Å². The molecular formula is C21H32O3. The zero-order valence-electron chi connectivity index (χ0n) is 15.4. The van der Waals surface area contributed by atoms with Gasteiger partial charge in [-0.1, -0.05) is 82.7 Å². The average Bonchev–Trinajstić information content (AvgIpc) is 2.58. The molecule has 0 saturated carbocycles. The monoisotopic (exact) mass is 332 g/mol. The zero-order chi connectivity index (χ0) is 17.8. The molecule has 0 aliphatic rings. The smallest absolute Gasteiger partial charge is 0.316 e. The minimum atomic E-state index is -0.647. The first-order valence-corrected chi connectivity index (χ1v) is 9.24. The predicted octanol–water partition coefficient (Wildman–Crippen LogP) is 4.97. The van der Waals surface area contributed by atoms with Gasteiger partial charge in [0.25, 0.3) is 0 Å². The quantitative estimate of drug-likeness (QED) is 0.308. The van der Waals surface area contributed by atoms with Gasteiger partial charge >= 0.3 is 5.97 Å². The molecule has 0 radical (unpaired) electrons. The first-order chi connectivity index (χ1) is 11.6. The van der Waals surface area contributed by atoms with Crippen molar-refractivity contribution < 1.29 is 14.3 Å². The average molecular weight is 332 g/mol. The van der Waals surface area contributed by atoms with Gasteiger partial charge in [0.2, 0.25) is 0 Å². The second kappa shape index (κ2) is 11.8. The lowest BCUT2D eigenvalue weighted by Gasteiger charge is -2.20. The summed E-state index contributed by atoms with van der Waals surface area (Å²) in [4.78, 5) is 24.7. The molecule has 0 saturated heterocycles. The summed E-state index contributed by atoms with van der Waals surface area (Å²) in [6.45, 7) is 4.21. The number of esters is 1. The number of carbonyl (C=O) groups is 2. The summed E-state index contributed by atoms with van der Waals surface area (Å²) in [6.07, 6.45) is 8.47. The number of rotatable bonds is 12. The molecule has 0 amide bonds. The molecule has 0 aromatic heterocycles. The fourth-order valence-corrected chi connectivity index (χ4v) is 3.13. The number of hydrogen-bond donors (Lipinski definition) is 0. The molecule has 0 aliphatic carbocycles. The van der Waals surface area contributed by atoms with Gasteiger partial charge in [-0.25, -0.2) is 0 Å². The van der Waals surface area contributed by atoms with Crippen LogP contribution in [0.2, 0.25) is 0 Å². The predicted molar refractivity (Wildman–Crippen MR) is 97.8 cm³/mol. The zero-order valence-corrected chi connectivity index (χ0v) is 15.4. The van der Waals surface area contributed by atoms with Gasteiger partial charge < -0.3 is 4.74 Å². The summed E-state index contributed by atoms with van der Waals surface area (Å²) in [6, 6.07) is 9.59. The maximum Gasteiger partial charge on any atom is 0.316 e. The molecule has 2 unspecified atom stereocenters. The van der Waals surface area contributed by atoms with Gasteiger partial charge in [0.1, 0.15) is 5.92 Å². The third kappa shape index (κ3) is 7.29. The molecule has 3 heteroatoms. The highest BCUT2D eigenvalue weighted by Gasteiger charge is 2.32. The van der Waals surface area contributed by atoms with Crippen molar-refractivity contribution >= 4 is 11.8 Å². The van der Waals surface area contributed by atoms with E-state index in [0.717, 1.165) is 18.4 Å². The van der Waals surface area contributed by atoms with Crippen LogP contribution in [0.3, 0.4) is 0 Å². The molecule has 0 bridgehead atoms. The van der Waals surface area contributed by atoms with Crippen molar-refractivity contribution in [3.05, 3.63) is 35.9 Å². The minimum absolute atomic E-state index is 0.0276. The molecule has 3 nitrogen and oxygen atoms in total. The highest BCUT2D eigenvalue weighted by atomic mass is 16.5. The van der Waals surface area contributed by atoms with Gasteiger partial charge in [0.15, 0.2) is 5.78 Å². The first kappa shape index (κ1) is 20.4. The van der Waals surface area contributed by atoms with Crippen LogP contribution in [0.15, 0.2) is 30.3 Å². The number of benzene rings is 1. The van der Waals surface area contributed by atoms with Crippen LogP contribution in [0, 0.1) is 11.8 Å². The molecule has 1 aromatic rings. The van der Waals surface area contributed by atoms with E-state index in [1.807, 2.05) is 37.3 Å². The highest BCUT2D eigenvalue weighted by molar-refractivity contribution is 6.00.